The highest BCUT2D eigenvalue weighted by Crippen LogP contribution is 2.35. The Kier molecular flexibility index (Phi) is 5.69. The summed E-state index contributed by atoms with van der Waals surface area (Å²) < 4.78 is 6.07. The van der Waals surface area contributed by atoms with Crippen LogP contribution in [0.5, 0.6) is 5.75 Å². The molecular formula is C23H22O3. The molecule has 0 amide bonds. The molecular weight excluding hydrogens is 324 g/mol. The van der Waals surface area contributed by atoms with Crippen molar-refractivity contribution in [1.29, 1.82) is 0 Å². The van der Waals surface area contributed by atoms with Gasteiger partial charge in [-0.1, -0.05) is 78.4 Å². The van der Waals surface area contributed by atoms with Crippen LogP contribution >= 0.6 is 0 Å². The van der Waals surface area contributed by atoms with Crippen molar-refractivity contribution in [2.75, 3.05) is 0 Å². The molecule has 0 spiro atoms. The van der Waals surface area contributed by atoms with Gasteiger partial charge in [-0.15, -0.1) is 0 Å². The molecule has 0 aromatic heterocycles. The maximum Gasteiger partial charge on any atom is 0.304 e. The Labute approximate surface area is 153 Å². The largest absolute Gasteiger partial charge is 0.489 e. The molecule has 0 fully saturated rings. The summed E-state index contributed by atoms with van der Waals surface area (Å²) in [6.45, 7) is 2.46. The first-order chi connectivity index (χ1) is 12.6. The number of aliphatic carboxylic acids is 1. The van der Waals surface area contributed by atoms with Crippen LogP contribution in [0.2, 0.25) is 0 Å². The minimum Gasteiger partial charge on any atom is -0.489 e. The molecule has 3 aromatic rings. The van der Waals surface area contributed by atoms with E-state index < -0.39 is 5.97 Å². The van der Waals surface area contributed by atoms with E-state index in [9.17, 15) is 9.90 Å². The minimum absolute atomic E-state index is 0.0230. The molecule has 0 aliphatic carbocycles. The van der Waals surface area contributed by atoms with Crippen LogP contribution in [0.4, 0.5) is 0 Å². The lowest BCUT2D eigenvalue weighted by atomic mass is 9.87. The lowest BCUT2D eigenvalue weighted by Gasteiger charge is -2.20. The van der Waals surface area contributed by atoms with Crippen molar-refractivity contribution < 1.29 is 14.6 Å². The van der Waals surface area contributed by atoms with Gasteiger partial charge in [0, 0.05) is 11.5 Å². The van der Waals surface area contributed by atoms with E-state index >= 15 is 0 Å². The highest BCUT2D eigenvalue weighted by atomic mass is 16.5. The van der Waals surface area contributed by atoms with Gasteiger partial charge in [0.2, 0.25) is 0 Å². The Bertz CT molecular complexity index is 857. The molecule has 0 saturated heterocycles. The summed E-state index contributed by atoms with van der Waals surface area (Å²) in [5.41, 5.74) is 4.05. The second-order valence-electron chi connectivity index (χ2n) is 6.38. The van der Waals surface area contributed by atoms with Crippen LogP contribution in [-0.4, -0.2) is 11.1 Å². The number of carbonyl (C=O) groups is 1. The Morgan fingerprint density at radius 1 is 0.962 bits per heavy atom. The summed E-state index contributed by atoms with van der Waals surface area (Å²) in [4.78, 5) is 11.5. The van der Waals surface area contributed by atoms with Crippen LogP contribution in [0.3, 0.4) is 0 Å². The molecule has 0 radical (unpaired) electrons. The van der Waals surface area contributed by atoms with E-state index in [0.29, 0.717) is 6.61 Å². The van der Waals surface area contributed by atoms with E-state index in [2.05, 4.69) is 0 Å². The zero-order valence-electron chi connectivity index (χ0n) is 14.8. The van der Waals surface area contributed by atoms with Crippen LogP contribution < -0.4 is 4.74 Å². The molecule has 132 valence electrons. The Hall–Kier alpha value is -3.07. The van der Waals surface area contributed by atoms with Crippen molar-refractivity contribution in [3.63, 3.8) is 0 Å². The molecule has 0 saturated carbocycles. The van der Waals surface area contributed by atoms with E-state index in [4.69, 9.17) is 4.74 Å². The molecule has 1 atom stereocenters. The molecule has 0 aliphatic heterocycles. The second kappa shape index (κ2) is 8.34. The number of aryl methyl sites for hydroxylation is 1. The van der Waals surface area contributed by atoms with Gasteiger partial charge in [0.15, 0.2) is 0 Å². The van der Waals surface area contributed by atoms with Crippen molar-refractivity contribution in [3.05, 3.63) is 101 Å². The number of ether oxygens (including phenoxy) is 1. The van der Waals surface area contributed by atoms with Gasteiger partial charge in [0.1, 0.15) is 12.4 Å². The molecule has 0 heterocycles. The molecule has 26 heavy (non-hydrogen) atoms. The SMILES string of the molecule is Cc1ccc(OCc2ccccc2)c([C@H](CC(=O)O)c2ccccc2)c1. The monoisotopic (exact) mass is 346 g/mol. The lowest BCUT2D eigenvalue weighted by Crippen LogP contribution is -2.10. The average Bonchev–Trinajstić information content (AvgIpc) is 2.66. The van der Waals surface area contributed by atoms with E-state index in [-0.39, 0.29) is 12.3 Å². The van der Waals surface area contributed by atoms with E-state index in [1.54, 1.807) is 0 Å². The number of benzene rings is 3. The van der Waals surface area contributed by atoms with Crippen LogP contribution in [0.25, 0.3) is 0 Å². The van der Waals surface area contributed by atoms with Gasteiger partial charge in [0.05, 0.1) is 6.42 Å². The third kappa shape index (κ3) is 4.51. The molecule has 0 aliphatic rings. The average molecular weight is 346 g/mol. The Morgan fingerprint density at radius 2 is 1.62 bits per heavy atom. The minimum atomic E-state index is -0.825. The lowest BCUT2D eigenvalue weighted by molar-refractivity contribution is -0.137. The van der Waals surface area contributed by atoms with Gasteiger partial charge in [-0.3, -0.25) is 4.79 Å². The van der Waals surface area contributed by atoms with E-state index in [0.717, 1.165) is 28.0 Å². The highest BCUT2D eigenvalue weighted by molar-refractivity contribution is 5.69. The van der Waals surface area contributed by atoms with Crippen molar-refractivity contribution in [3.8, 4) is 5.75 Å². The molecule has 3 nitrogen and oxygen atoms in total. The quantitative estimate of drug-likeness (QED) is 0.641. The van der Waals surface area contributed by atoms with Crippen LogP contribution in [0.15, 0.2) is 78.9 Å². The molecule has 0 bridgehead atoms. The zero-order chi connectivity index (χ0) is 18.4. The first kappa shape index (κ1) is 17.7. The topological polar surface area (TPSA) is 46.5 Å². The van der Waals surface area contributed by atoms with Gasteiger partial charge in [-0.05, 0) is 24.1 Å². The summed E-state index contributed by atoms with van der Waals surface area (Å²) in [5.74, 6) is -0.344. The predicted octanol–water partition coefficient (Wildman–Crippen LogP) is 5.18. The first-order valence-electron chi connectivity index (χ1n) is 8.67. The molecule has 3 heteroatoms. The summed E-state index contributed by atoms with van der Waals surface area (Å²) in [6.07, 6.45) is 0.0230. The smallest absolute Gasteiger partial charge is 0.304 e. The van der Waals surface area contributed by atoms with E-state index in [1.807, 2.05) is 85.8 Å². The number of carboxylic acids is 1. The summed E-state index contributed by atoms with van der Waals surface area (Å²) in [7, 11) is 0. The fourth-order valence-corrected chi connectivity index (χ4v) is 3.07. The predicted molar refractivity (Wildman–Crippen MR) is 102 cm³/mol. The van der Waals surface area contributed by atoms with E-state index in [1.165, 1.54) is 0 Å². The van der Waals surface area contributed by atoms with Gasteiger partial charge >= 0.3 is 5.97 Å². The number of hydrogen-bond donors (Lipinski definition) is 1. The third-order valence-electron chi connectivity index (χ3n) is 4.36. The normalized spacial score (nSPS) is 11.7. The van der Waals surface area contributed by atoms with Gasteiger partial charge in [-0.25, -0.2) is 0 Å². The van der Waals surface area contributed by atoms with Crippen molar-refractivity contribution in [2.45, 2.75) is 25.9 Å². The fourth-order valence-electron chi connectivity index (χ4n) is 3.07. The van der Waals surface area contributed by atoms with Gasteiger partial charge < -0.3 is 9.84 Å². The van der Waals surface area contributed by atoms with Gasteiger partial charge in [-0.2, -0.15) is 0 Å². The number of rotatable bonds is 7. The van der Waals surface area contributed by atoms with Crippen molar-refractivity contribution in [1.82, 2.24) is 0 Å². The maximum absolute atomic E-state index is 11.5. The summed E-state index contributed by atoms with van der Waals surface area (Å²) in [5, 5.41) is 9.43. The molecule has 0 unspecified atom stereocenters. The van der Waals surface area contributed by atoms with Crippen LogP contribution in [-0.2, 0) is 11.4 Å². The maximum atomic E-state index is 11.5. The Balaban J connectivity index is 1.95. The zero-order valence-corrected chi connectivity index (χ0v) is 14.8. The summed E-state index contributed by atoms with van der Waals surface area (Å²) >= 11 is 0. The van der Waals surface area contributed by atoms with Crippen LogP contribution in [0.1, 0.15) is 34.6 Å². The van der Waals surface area contributed by atoms with Crippen molar-refractivity contribution in [2.24, 2.45) is 0 Å². The molecule has 1 N–H and O–H groups in total. The van der Waals surface area contributed by atoms with Crippen LogP contribution in [0, 0.1) is 6.92 Å². The Morgan fingerprint density at radius 3 is 2.27 bits per heavy atom. The first-order valence-corrected chi connectivity index (χ1v) is 8.67. The number of carboxylic acid groups (broad SMARTS) is 1. The summed E-state index contributed by atoms with van der Waals surface area (Å²) in [6, 6.07) is 25.7. The molecule has 3 rings (SSSR count). The molecule has 3 aromatic carbocycles. The standard InChI is InChI=1S/C23H22O3/c1-17-12-13-22(26-16-18-8-4-2-5-9-18)21(14-17)20(15-23(24)25)19-10-6-3-7-11-19/h2-14,20H,15-16H2,1H3,(H,24,25)/t20-/m1/s1. The highest BCUT2D eigenvalue weighted by Gasteiger charge is 2.21. The second-order valence-corrected chi connectivity index (χ2v) is 6.38. The number of hydrogen-bond acceptors (Lipinski definition) is 2. The fraction of sp³-hybridized carbons (Fsp3) is 0.174. The van der Waals surface area contributed by atoms with Gasteiger partial charge in [0.25, 0.3) is 0 Å². The third-order valence-corrected chi connectivity index (χ3v) is 4.36. The van der Waals surface area contributed by atoms with Crippen molar-refractivity contribution >= 4 is 5.97 Å².